The zero-order valence-electron chi connectivity index (χ0n) is 14.6. The first-order valence-electron chi connectivity index (χ1n) is 7.99. The minimum absolute atomic E-state index is 0.0160. The van der Waals surface area contributed by atoms with Gasteiger partial charge in [0.25, 0.3) is 0 Å². The molecule has 2 aromatic carbocycles. The molecule has 0 aliphatic rings. The van der Waals surface area contributed by atoms with Crippen molar-refractivity contribution in [2.45, 2.75) is 17.7 Å². The summed E-state index contributed by atoms with van der Waals surface area (Å²) in [5, 5.41) is 2.74. The van der Waals surface area contributed by atoms with Crippen LogP contribution in [0.1, 0.15) is 12.8 Å². The Balaban J connectivity index is 1.86. The molecule has 0 saturated carbocycles. The number of hydrogen-bond acceptors (Lipinski definition) is 4. The van der Waals surface area contributed by atoms with Crippen LogP contribution in [0.25, 0.3) is 0 Å². The van der Waals surface area contributed by atoms with Gasteiger partial charge in [-0.3, -0.25) is 4.79 Å². The summed E-state index contributed by atoms with van der Waals surface area (Å²) in [6.45, 7) is 0.172. The Morgan fingerprint density at radius 3 is 2.54 bits per heavy atom. The molecular weight excluding hydrogens is 359 g/mol. The van der Waals surface area contributed by atoms with Gasteiger partial charge >= 0.3 is 0 Å². The maximum atomic E-state index is 12.9. The Morgan fingerprint density at radius 2 is 1.88 bits per heavy atom. The van der Waals surface area contributed by atoms with Crippen LogP contribution in [0.4, 0.5) is 10.1 Å². The standard InChI is InChI=1S/C18H21FN2O4S/c1-21(26(23,24)17-10-8-14(19)9-11-17)12-4-7-18(22)20-15-5-3-6-16(13-15)25-2/h3,5-6,8-11,13H,4,7,12H2,1-2H3,(H,20,22). The number of nitrogens with zero attached hydrogens (tertiary/aromatic N) is 1. The maximum absolute atomic E-state index is 12.9. The van der Waals surface area contributed by atoms with Crippen molar-refractivity contribution < 1.29 is 22.3 Å². The molecule has 2 rings (SSSR count). The molecule has 0 radical (unpaired) electrons. The van der Waals surface area contributed by atoms with Crippen molar-refractivity contribution in [2.24, 2.45) is 0 Å². The summed E-state index contributed by atoms with van der Waals surface area (Å²) in [4.78, 5) is 12.0. The molecule has 1 amide bonds. The molecule has 140 valence electrons. The minimum Gasteiger partial charge on any atom is -0.497 e. The number of hydrogen-bond donors (Lipinski definition) is 1. The fourth-order valence-corrected chi connectivity index (χ4v) is 3.50. The van der Waals surface area contributed by atoms with E-state index in [1.165, 1.54) is 19.2 Å². The second kappa shape index (κ2) is 8.77. The average molecular weight is 380 g/mol. The monoisotopic (exact) mass is 380 g/mol. The van der Waals surface area contributed by atoms with Crippen LogP contribution in [-0.2, 0) is 14.8 Å². The van der Waals surface area contributed by atoms with E-state index in [-0.39, 0.29) is 23.8 Å². The van der Waals surface area contributed by atoms with E-state index in [9.17, 15) is 17.6 Å². The zero-order valence-corrected chi connectivity index (χ0v) is 15.4. The molecule has 26 heavy (non-hydrogen) atoms. The molecule has 6 nitrogen and oxygen atoms in total. The average Bonchev–Trinajstić information content (AvgIpc) is 2.62. The van der Waals surface area contributed by atoms with E-state index in [1.807, 2.05) is 0 Å². The third-order valence-corrected chi connectivity index (χ3v) is 5.62. The number of anilines is 1. The number of benzene rings is 2. The van der Waals surface area contributed by atoms with E-state index in [0.717, 1.165) is 16.4 Å². The van der Waals surface area contributed by atoms with Crippen molar-refractivity contribution in [3.05, 3.63) is 54.3 Å². The molecule has 2 aromatic rings. The van der Waals surface area contributed by atoms with E-state index >= 15 is 0 Å². The number of methoxy groups -OCH3 is 1. The van der Waals surface area contributed by atoms with Gasteiger partial charge in [-0.1, -0.05) is 6.07 Å². The molecule has 0 unspecified atom stereocenters. The lowest BCUT2D eigenvalue weighted by Gasteiger charge is -2.17. The minimum atomic E-state index is -3.70. The first-order valence-corrected chi connectivity index (χ1v) is 9.43. The number of sulfonamides is 1. The van der Waals surface area contributed by atoms with Gasteiger partial charge in [-0.25, -0.2) is 17.1 Å². The predicted molar refractivity (Wildman–Crippen MR) is 97.1 cm³/mol. The molecule has 0 aliphatic heterocycles. The second-order valence-corrected chi connectivity index (χ2v) is 7.71. The summed E-state index contributed by atoms with van der Waals surface area (Å²) in [7, 11) is -0.734. The topological polar surface area (TPSA) is 75.7 Å². The van der Waals surface area contributed by atoms with Gasteiger partial charge in [-0.05, 0) is 42.8 Å². The quantitative estimate of drug-likeness (QED) is 0.764. The van der Waals surface area contributed by atoms with Crippen LogP contribution >= 0.6 is 0 Å². The number of ether oxygens (including phenoxy) is 1. The Hall–Kier alpha value is -2.45. The van der Waals surface area contributed by atoms with Crippen LogP contribution in [0.15, 0.2) is 53.4 Å². The Kier molecular flexibility index (Phi) is 6.70. The van der Waals surface area contributed by atoms with Gasteiger partial charge in [-0.2, -0.15) is 0 Å². The van der Waals surface area contributed by atoms with Crippen molar-refractivity contribution in [3.8, 4) is 5.75 Å². The van der Waals surface area contributed by atoms with Crippen LogP contribution in [-0.4, -0.2) is 39.3 Å². The molecule has 0 spiro atoms. The molecule has 0 heterocycles. The smallest absolute Gasteiger partial charge is 0.242 e. The largest absolute Gasteiger partial charge is 0.497 e. The molecule has 0 atom stereocenters. The molecule has 0 bridgehead atoms. The highest BCUT2D eigenvalue weighted by Crippen LogP contribution is 2.18. The van der Waals surface area contributed by atoms with Gasteiger partial charge in [0.15, 0.2) is 0 Å². The third kappa shape index (κ3) is 5.27. The van der Waals surface area contributed by atoms with Gasteiger partial charge < -0.3 is 10.1 Å². The summed E-state index contributed by atoms with van der Waals surface area (Å²) in [5.41, 5.74) is 0.613. The van der Waals surface area contributed by atoms with E-state index in [4.69, 9.17) is 4.74 Å². The first-order chi connectivity index (χ1) is 12.3. The van der Waals surface area contributed by atoms with Crippen LogP contribution in [0.5, 0.6) is 5.75 Å². The van der Waals surface area contributed by atoms with Crippen LogP contribution in [0.3, 0.4) is 0 Å². The number of carbonyl (C=O) groups excluding carboxylic acids is 1. The Bertz CT molecular complexity index is 854. The number of halogens is 1. The number of nitrogens with one attached hydrogen (secondary N) is 1. The van der Waals surface area contributed by atoms with Crippen LogP contribution in [0, 0.1) is 5.82 Å². The highest BCUT2D eigenvalue weighted by Gasteiger charge is 2.20. The molecule has 0 fully saturated rings. The second-order valence-electron chi connectivity index (χ2n) is 5.66. The van der Waals surface area contributed by atoms with Crippen LogP contribution in [0.2, 0.25) is 0 Å². The third-order valence-electron chi connectivity index (χ3n) is 3.75. The fourth-order valence-electron chi connectivity index (χ4n) is 2.29. The van der Waals surface area contributed by atoms with Gasteiger partial charge in [0.2, 0.25) is 15.9 Å². The normalized spacial score (nSPS) is 11.4. The fraction of sp³-hybridized carbons (Fsp3) is 0.278. The van der Waals surface area contributed by atoms with E-state index < -0.39 is 15.8 Å². The summed E-state index contributed by atoms with van der Waals surface area (Å²) >= 11 is 0. The van der Waals surface area contributed by atoms with E-state index in [0.29, 0.717) is 17.9 Å². The van der Waals surface area contributed by atoms with Crippen molar-refractivity contribution in [1.29, 1.82) is 0 Å². The van der Waals surface area contributed by atoms with Crippen molar-refractivity contribution in [3.63, 3.8) is 0 Å². The first kappa shape index (κ1) is 19.9. The summed E-state index contributed by atoms with van der Waals surface area (Å²) in [5.74, 6) is -0.0837. The number of amides is 1. The number of carbonyl (C=O) groups is 1. The summed E-state index contributed by atoms with van der Waals surface area (Å²) < 4.78 is 43.9. The highest BCUT2D eigenvalue weighted by atomic mass is 32.2. The lowest BCUT2D eigenvalue weighted by molar-refractivity contribution is -0.116. The highest BCUT2D eigenvalue weighted by molar-refractivity contribution is 7.89. The Morgan fingerprint density at radius 1 is 1.19 bits per heavy atom. The lowest BCUT2D eigenvalue weighted by atomic mass is 10.2. The predicted octanol–water partition coefficient (Wildman–Crippen LogP) is 2.87. The van der Waals surface area contributed by atoms with Crippen molar-refractivity contribution >= 4 is 21.6 Å². The SMILES string of the molecule is COc1cccc(NC(=O)CCCN(C)S(=O)(=O)c2ccc(F)cc2)c1. The van der Waals surface area contributed by atoms with E-state index in [1.54, 1.807) is 31.4 Å². The van der Waals surface area contributed by atoms with Gasteiger partial charge in [0.1, 0.15) is 11.6 Å². The van der Waals surface area contributed by atoms with Gasteiger partial charge in [-0.15, -0.1) is 0 Å². The van der Waals surface area contributed by atoms with Gasteiger partial charge in [0.05, 0.1) is 12.0 Å². The molecular formula is C18H21FN2O4S. The molecule has 0 saturated heterocycles. The zero-order chi connectivity index (χ0) is 19.2. The molecule has 0 aliphatic carbocycles. The molecule has 1 N–H and O–H groups in total. The van der Waals surface area contributed by atoms with Crippen molar-refractivity contribution in [2.75, 3.05) is 26.0 Å². The maximum Gasteiger partial charge on any atom is 0.242 e. The molecule has 0 aromatic heterocycles. The van der Waals surface area contributed by atoms with Crippen LogP contribution < -0.4 is 10.1 Å². The van der Waals surface area contributed by atoms with E-state index in [2.05, 4.69) is 5.32 Å². The Labute approximate surface area is 152 Å². The van der Waals surface area contributed by atoms with Crippen molar-refractivity contribution in [1.82, 2.24) is 4.31 Å². The lowest BCUT2D eigenvalue weighted by Crippen LogP contribution is -2.28. The summed E-state index contributed by atoms with van der Waals surface area (Å²) in [6.07, 6.45) is 0.521. The summed E-state index contributed by atoms with van der Waals surface area (Å²) in [6, 6.07) is 11.6. The van der Waals surface area contributed by atoms with Gasteiger partial charge in [0, 0.05) is 31.8 Å². The molecule has 8 heteroatoms. The number of rotatable bonds is 8.